The Balaban J connectivity index is 0.000000216. The third-order valence-corrected chi connectivity index (χ3v) is 28.0. The largest absolute Gasteiger partial charge is 0.516 e. The van der Waals surface area contributed by atoms with Crippen LogP contribution in [0.25, 0.3) is 11.1 Å². The molecule has 1 aliphatic carbocycles. The number of carbonyl (C=O) groups excluding carboxylic acids is 2. The Hall–Kier alpha value is -8.05. The highest BCUT2D eigenvalue weighted by atomic mass is 31.2. The number of aliphatic hydroxyl groups excluding tert-OH is 9. The monoisotopic (exact) mass is 1810 g/mol. The van der Waals surface area contributed by atoms with Gasteiger partial charge >= 0.3 is 18.1 Å². The van der Waals surface area contributed by atoms with Gasteiger partial charge in [0, 0.05) is 62.4 Å². The minimum absolute atomic E-state index is 0.0655. The third-order valence-electron chi connectivity index (χ3n) is 22.1. The molecule has 2 aromatic heterocycles. The van der Waals surface area contributed by atoms with Crippen LogP contribution in [-0.2, 0) is 38.0 Å². The molecular formula is C88H134N14O19P4. The SMILES string of the molecule is C=C1N=C(N)C(C#CC)=CN1C1O[C@H](CCP(=C)(C)C)[C@@H](O)[C@H]1O.C=C1N=C(N)C(CCO)=CN1C1O[C@H](CCP(=C)(C)C)[C@@H](O)[C@H]1O.C=P(C)(C)CC[C@H]1OC(n2ccc(N)nc2=NCCCCC(C)C(=O)O)[C@H](O)[C@@H]1O.C=P(C)(C)CC[C@H]1OC(n2ccc(N)nc2=NCCCCC(C)C(=O)OC(=O)OCC2c3ccccc3-c3ccccc32)[C@H](O)[C@@H]1O. The second-order valence-corrected chi connectivity index (χ2v) is 52.7. The first-order chi connectivity index (χ1) is 58.7. The van der Waals surface area contributed by atoms with Gasteiger partial charge in [0.15, 0.2) is 24.9 Å². The number of nitrogen functional groups attached to an aromatic ring is 2. The summed E-state index contributed by atoms with van der Waals surface area (Å²) < 4.78 is 37.4. The van der Waals surface area contributed by atoms with Crippen LogP contribution in [0.5, 0.6) is 0 Å². The number of carboxylic acid groups (broad SMARTS) is 1. The second kappa shape index (κ2) is 45.8. The van der Waals surface area contributed by atoms with Gasteiger partial charge in [-0.2, -0.15) is 9.97 Å². The summed E-state index contributed by atoms with van der Waals surface area (Å²) in [6.45, 7) is 25.5. The van der Waals surface area contributed by atoms with E-state index in [1.807, 2.05) is 36.4 Å². The van der Waals surface area contributed by atoms with Crippen molar-refractivity contribution < 1.29 is 93.9 Å². The van der Waals surface area contributed by atoms with Crippen LogP contribution in [-0.4, -0.2) is 325 Å². The number of amidine groups is 2. The molecule has 6 unspecified atom stereocenters. The molecule has 8 heterocycles. The normalized spacial score (nSPS) is 26.3. The highest BCUT2D eigenvalue weighted by molar-refractivity contribution is 7.73. The number of unbranched alkanes of at least 4 members (excludes halogenated alkanes) is 2. The number of aromatic nitrogens is 4. The minimum Gasteiger partial charge on any atom is -0.481 e. The van der Waals surface area contributed by atoms with Gasteiger partial charge in [-0.3, -0.25) is 28.7 Å². The molecule has 0 bridgehead atoms. The fourth-order valence-corrected chi connectivity index (χ4v) is 18.6. The number of aliphatic hydroxyl groups is 9. The van der Waals surface area contributed by atoms with Crippen LogP contribution in [0.4, 0.5) is 16.4 Å². The van der Waals surface area contributed by atoms with Crippen molar-refractivity contribution in [2.75, 3.05) is 116 Å². The maximum atomic E-state index is 12.6. The highest BCUT2D eigenvalue weighted by Gasteiger charge is 2.49. The van der Waals surface area contributed by atoms with Crippen molar-refractivity contribution in [2.45, 2.75) is 195 Å². The zero-order valence-electron chi connectivity index (χ0n) is 73.9. The number of nitrogens with two attached hydrogens (primary N) is 4. The van der Waals surface area contributed by atoms with E-state index in [-0.39, 0.29) is 48.1 Å². The molecule has 18 N–H and O–H groups in total. The standard InChI is InChI=1S/C35H45N4O7P.C20H35N4O5P.C17H26N3O3P.C16H28N3O4P/c1-22(33(42)46-35(43)44-21-27-25-14-7-5-12-23(25)24-13-6-8-15-26(24)27)11-9-10-18-37-34-38-29(36)16-19-39(34)32-31(41)30(40)28(45-32)17-20-47(2,3)4;1-13(19(27)28)7-5-6-10-22-20-23-15(21)8-11-24(20)18-17(26)16(25)14(29-18)9-12-30(2,3)4;1-6-7-12-10-20(11(2)19-16(12)18)17-15(22)14(21)13(23-17)8-9-24(3,4)5;1-10-18-15(17)11(5-7-20)9-19(10)16-14(22)13(21)12(23-16)6-8-24(2,3)4/h5-8,12-16,19,22,27-28,30-32,40-41H,2,9-11,17-18,20-21H2,1,3-4H3,(H2,36,37,38);8,11,13-14,16-18,25-26H,2,5-7,9-10,12H2,1,3-4H3,(H,27,28)(H2,21,22,23);10,13-15,17,21-22H,2-3,8-9H2,1,4-5H3,(H2,18,19);9,12-14,16,20-22H,1-2,5-8H2,3-4H3,(H2,17,18)/t22?,28-,30-,31-,32?;13?,14-,16-,17-,18?;13-,14-,15-,17?;12-,13-,14-,16?/m1111/s1. The lowest BCUT2D eigenvalue weighted by Gasteiger charge is -2.32. The number of hydrogen-bond acceptors (Lipinski definition) is 30. The predicted molar refractivity (Wildman–Crippen MR) is 500 cm³/mol. The summed E-state index contributed by atoms with van der Waals surface area (Å²) in [6, 6.07) is 19.2. The first-order valence-electron chi connectivity index (χ1n) is 42.0. The Morgan fingerprint density at radius 3 is 1.30 bits per heavy atom. The van der Waals surface area contributed by atoms with E-state index in [2.05, 4.69) is 146 Å². The molecule has 11 rings (SSSR count). The molecule has 125 heavy (non-hydrogen) atoms. The molecule has 37 heteroatoms. The van der Waals surface area contributed by atoms with Gasteiger partial charge in [-0.05, 0) is 171 Å². The Morgan fingerprint density at radius 1 is 0.536 bits per heavy atom. The number of hydrogen-bond donors (Lipinski definition) is 14. The minimum atomic E-state index is -1.32. The average Bonchev–Trinajstić information content (AvgIpc) is 1.65. The number of aliphatic imine (C=N–C) groups is 2. The number of fused-ring (bicyclic) bond motifs is 3. The number of rotatable bonds is 32. The fraction of sp³-hybridized carbons (Fsp3) is 0.557. The number of aliphatic carboxylic acids is 1. The van der Waals surface area contributed by atoms with Crippen molar-refractivity contribution in [2.24, 2.45) is 43.3 Å². The summed E-state index contributed by atoms with van der Waals surface area (Å²) in [6.07, 6.45) is 18.8. The van der Waals surface area contributed by atoms with Crippen molar-refractivity contribution in [3.8, 4) is 23.0 Å². The summed E-state index contributed by atoms with van der Waals surface area (Å²) >= 11 is 0. The molecule has 4 saturated heterocycles. The summed E-state index contributed by atoms with van der Waals surface area (Å²) in [5.74, 6) is 4.96. The van der Waals surface area contributed by atoms with E-state index in [0.29, 0.717) is 112 Å². The number of carbonyl (C=O) groups is 3. The van der Waals surface area contributed by atoms with Gasteiger partial charge in [-0.15, -0.1) is 58.7 Å². The van der Waals surface area contributed by atoms with E-state index in [9.17, 15) is 55.2 Å². The van der Waals surface area contributed by atoms with Crippen LogP contribution in [0.1, 0.15) is 121 Å². The van der Waals surface area contributed by atoms with Crippen molar-refractivity contribution in [1.29, 1.82) is 0 Å². The Bertz CT molecular complexity index is 4940. The van der Waals surface area contributed by atoms with Gasteiger partial charge in [0.25, 0.3) is 0 Å². The molecule has 0 amide bonds. The van der Waals surface area contributed by atoms with E-state index in [1.54, 1.807) is 76.6 Å². The lowest BCUT2D eigenvalue weighted by atomic mass is 9.98. The lowest BCUT2D eigenvalue weighted by molar-refractivity contribution is -0.144. The van der Waals surface area contributed by atoms with Gasteiger partial charge in [-0.25, -0.2) is 14.8 Å². The molecule has 0 radical (unpaired) electrons. The van der Waals surface area contributed by atoms with E-state index < -0.39 is 150 Å². The number of benzene rings is 2. The Morgan fingerprint density at radius 2 is 0.912 bits per heavy atom. The first-order valence-corrected chi connectivity index (χ1v) is 54.3. The Labute approximate surface area is 734 Å². The van der Waals surface area contributed by atoms with Gasteiger partial charge in [0.1, 0.15) is 90.4 Å². The van der Waals surface area contributed by atoms with Crippen LogP contribution >= 0.6 is 27.5 Å². The van der Waals surface area contributed by atoms with Crippen LogP contribution < -0.4 is 34.2 Å². The average molecular weight is 1820 g/mol. The van der Waals surface area contributed by atoms with Crippen LogP contribution in [0.2, 0.25) is 0 Å². The molecule has 690 valence electrons. The lowest BCUT2D eigenvalue weighted by Crippen LogP contribution is -2.42. The number of anilines is 2. The second-order valence-electron chi connectivity index (χ2n) is 35.4. The summed E-state index contributed by atoms with van der Waals surface area (Å²) in [7, 11) is 0. The molecule has 7 aliphatic rings. The van der Waals surface area contributed by atoms with Gasteiger partial charge < -0.3 is 112 Å². The number of nitrogens with zero attached hydrogens (tertiary/aromatic N) is 10. The molecular weight excluding hydrogens is 1680 g/mol. The van der Waals surface area contributed by atoms with E-state index in [4.69, 9.17) is 61.6 Å². The number of carboxylic acids is 1. The molecule has 6 aliphatic heterocycles. The van der Waals surface area contributed by atoms with E-state index in [0.717, 1.165) is 53.3 Å². The van der Waals surface area contributed by atoms with Crippen LogP contribution in [0, 0.1) is 23.7 Å². The maximum absolute atomic E-state index is 12.6. The molecule has 2 aromatic carbocycles. The van der Waals surface area contributed by atoms with Crippen molar-refractivity contribution in [1.82, 2.24) is 28.9 Å². The fourth-order valence-electron chi connectivity index (χ4n) is 14.8. The summed E-state index contributed by atoms with van der Waals surface area (Å²) in [5.41, 5.74) is 29.5. The molecule has 0 saturated carbocycles. The smallest absolute Gasteiger partial charge is 0.481 e. The van der Waals surface area contributed by atoms with Gasteiger partial charge in [0.05, 0.1) is 41.8 Å². The quantitative estimate of drug-likeness (QED) is 0.00891. The highest BCUT2D eigenvalue weighted by Crippen LogP contribution is 2.47. The molecule has 4 fully saturated rings. The zero-order valence-corrected chi connectivity index (χ0v) is 77.5. The third kappa shape index (κ3) is 29.2. The molecule has 18 atom stereocenters. The first kappa shape index (κ1) is 102. The zero-order chi connectivity index (χ0) is 92.3. The Kier molecular flexibility index (Phi) is 37.5. The topological polar surface area (TPSA) is 505 Å². The molecule has 4 aromatic rings. The number of ether oxygens (including phenoxy) is 6. The van der Waals surface area contributed by atoms with Crippen molar-refractivity contribution >= 4 is 94.1 Å². The molecule has 33 nitrogen and oxygen atoms in total. The number of esters is 1. The van der Waals surface area contributed by atoms with Crippen molar-refractivity contribution in [3.05, 3.63) is 144 Å². The van der Waals surface area contributed by atoms with Crippen LogP contribution in [0.15, 0.2) is 141 Å². The van der Waals surface area contributed by atoms with Gasteiger partial charge in [-0.1, -0.05) is 94.3 Å². The van der Waals surface area contributed by atoms with Gasteiger partial charge in [0.2, 0.25) is 11.2 Å². The van der Waals surface area contributed by atoms with Crippen LogP contribution in [0.3, 0.4) is 0 Å². The summed E-state index contributed by atoms with van der Waals surface area (Å²) in [5, 5.41) is 102. The van der Waals surface area contributed by atoms with E-state index in [1.165, 1.54) is 0 Å². The summed E-state index contributed by atoms with van der Waals surface area (Å²) in [4.78, 5) is 65.0. The van der Waals surface area contributed by atoms with E-state index >= 15 is 0 Å². The maximum Gasteiger partial charge on any atom is 0.516 e. The van der Waals surface area contributed by atoms with Crippen molar-refractivity contribution in [3.63, 3.8) is 0 Å². The molecule has 0 spiro atoms. The predicted octanol–water partition coefficient (Wildman–Crippen LogP) is 5.89.